The molecule has 1 atom stereocenters. The van der Waals surface area contributed by atoms with E-state index in [1.165, 1.54) is 23.7 Å². The van der Waals surface area contributed by atoms with Crippen molar-refractivity contribution in [1.82, 2.24) is 4.90 Å². The fourth-order valence-corrected chi connectivity index (χ4v) is 3.14. The maximum atomic E-state index is 8.36. The van der Waals surface area contributed by atoms with Crippen LogP contribution < -0.4 is 0 Å². The van der Waals surface area contributed by atoms with Crippen molar-refractivity contribution in [2.24, 2.45) is 9.98 Å². The minimum atomic E-state index is -0.250. The zero-order valence-corrected chi connectivity index (χ0v) is 17.0. The topological polar surface area (TPSA) is 74.5 Å². The first-order valence-corrected chi connectivity index (χ1v) is 8.95. The van der Waals surface area contributed by atoms with Gasteiger partial charge in [0.2, 0.25) is 0 Å². The average Bonchev–Trinajstić information content (AvgIpc) is 2.61. The van der Waals surface area contributed by atoms with E-state index in [4.69, 9.17) is 14.6 Å². The molecule has 1 aliphatic rings. The van der Waals surface area contributed by atoms with E-state index in [1.54, 1.807) is 0 Å². The fraction of sp³-hybridized carbons (Fsp3) is 0.476. The number of aryl methyl sites for hydroxylation is 1. The second-order valence-corrected chi connectivity index (χ2v) is 7.35. The fourth-order valence-electron chi connectivity index (χ4n) is 3.14. The summed E-state index contributed by atoms with van der Waals surface area (Å²) in [7, 11) is 0. The molecular weight excluding hydrogens is 342 g/mol. The quantitative estimate of drug-likeness (QED) is 0.494. The zero-order valence-electron chi connectivity index (χ0n) is 17.0. The summed E-state index contributed by atoms with van der Waals surface area (Å²) in [6.45, 7) is 16.7. The van der Waals surface area contributed by atoms with Gasteiger partial charge in [-0.2, -0.15) is 0 Å². The first-order valence-electron chi connectivity index (χ1n) is 8.95. The monoisotopic (exact) mass is 373 g/mol. The van der Waals surface area contributed by atoms with Gasteiger partial charge < -0.3 is 9.84 Å². The number of benzene rings is 1. The van der Waals surface area contributed by atoms with E-state index in [2.05, 4.69) is 67.4 Å². The second-order valence-electron chi connectivity index (χ2n) is 7.35. The lowest BCUT2D eigenvalue weighted by Crippen LogP contribution is -2.49. The second kappa shape index (κ2) is 10.7. The Kier molecular flexibility index (Phi) is 9.05. The number of morpholine rings is 1. The number of aliphatic imine (C=N–C) groups is 2. The standard InChI is InChI=1S/C20H29N3O.CH2O2/c1-7-21-14-22-16(3)17-10-15(2)11-18(12-17)19-13-24-9-8-23(19)20(4,5)6;2-1-3/h7,10-12,14,19H,1,8-9,13H2,2-6H3;1H,(H,2,3)/t19-;/m0./s1. The van der Waals surface area contributed by atoms with Gasteiger partial charge >= 0.3 is 0 Å². The molecule has 1 aromatic carbocycles. The highest BCUT2D eigenvalue weighted by Gasteiger charge is 2.32. The molecule has 1 aliphatic heterocycles. The van der Waals surface area contributed by atoms with Crippen LogP contribution in [0.15, 0.2) is 41.0 Å². The number of carboxylic acid groups (broad SMARTS) is 1. The van der Waals surface area contributed by atoms with Crippen LogP contribution in [0.1, 0.15) is 50.4 Å². The molecule has 0 aliphatic carbocycles. The molecule has 1 aromatic rings. The van der Waals surface area contributed by atoms with Crippen LogP contribution in [0.25, 0.3) is 0 Å². The predicted octanol–water partition coefficient (Wildman–Crippen LogP) is 3.85. The third kappa shape index (κ3) is 7.07. The third-order valence-electron chi connectivity index (χ3n) is 4.32. The molecule has 6 nitrogen and oxygen atoms in total. The first-order chi connectivity index (χ1) is 12.7. The molecule has 0 bridgehead atoms. The highest BCUT2D eigenvalue weighted by Crippen LogP contribution is 2.31. The molecule has 0 spiro atoms. The average molecular weight is 373 g/mol. The molecule has 0 saturated carbocycles. The lowest BCUT2D eigenvalue weighted by molar-refractivity contribution is -0.122. The van der Waals surface area contributed by atoms with E-state index in [9.17, 15) is 0 Å². The molecule has 2 rings (SSSR count). The van der Waals surface area contributed by atoms with Crippen LogP contribution in [0, 0.1) is 6.92 Å². The van der Waals surface area contributed by atoms with Crippen molar-refractivity contribution in [3.05, 3.63) is 47.7 Å². The molecule has 1 saturated heterocycles. The number of ether oxygens (including phenoxy) is 1. The molecule has 6 heteroatoms. The predicted molar refractivity (Wildman–Crippen MR) is 111 cm³/mol. The summed E-state index contributed by atoms with van der Waals surface area (Å²) in [4.78, 5) is 19.2. The van der Waals surface area contributed by atoms with E-state index < -0.39 is 0 Å². The molecule has 148 valence electrons. The number of nitrogens with zero attached hydrogens (tertiary/aromatic N) is 3. The van der Waals surface area contributed by atoms with Crippen molar-refractivity contribution < 1.29 is 14.6 Å². The minimum Gasteiger partial charge on any atom is -0.483 e. The van der Waals surface area contributed by atoms with Crippen LogP contribution in [0.2, 0.25) is 0 Å². The van der Waals surface area contributed by atoms with Crippen molar-refractivity contribution >= 4 is 18.5 Å². The maximum absolute atomic E-state index is 8.36. The molecule has 1 heterocycles. The van der Waals surface area contributed by atoms with E-state index in [0.717, 1.165) is 31.0 Å². The highest BCUT2D eigenvalue weighted by molar-refractivity contribution is 6.02. The van der Waals surface area contributed by atoms with E-state index >= 15 is 0 Å². The van der Waals surface area contributed by atoms with Gasteiger partial charge in [-0.25, -0.2) is 9.98 Å². The van der Waals surface area contributed by atoms with Crippen LogP contribution >= 0.6 is 0 Å². The largest absolute Gasteiger partial charge is 0.483 e. The van der Waals surface area contributed by atoms with Gasteiger partial charge in [-0.15, -0.1) is 0 Å². The van der Waals surface area contributed by atoms with Gasteiger partial charge in [-0.1, -0.05) is 24.3 Å². The summed E-state index contributed by atoms with van der Waals surface area (Å²) in [6.07, 6.45) is 3.02. The normalized spacial score (nSPS) is 18.7. The molecular formula is C21H31N3O3. The Morgan fingerprint density at radius 3 is 2.63 bits per heavy atom. The van der Waals surface area contributed by atoms with Gasteiger partial charge in [-0.3, -0.25) is 9.69 Å². The van der Waals surface area contributed by atoms with E-state index in [-0.39, 0.29) is 18.1 Å². The Labute approximate surface area is 162 Å². The minimum absolute atomic E-state index is 0.109. The van der Waals surface area contributed by atoms with Gasteiger partial charge in [0.25, 0.3) is 6.47 Å². The summed E-state index contributed by atoms with van der Waals surface area (Å²) >= 11 is 0. The van der Waals surface area contributed by atoms with Crippen LogP contribution in [0.3, 0.4) is 0 Å². The number of carbonyl (C=O) groups is 1. The van der Waals surface area contributed by atoms with Crippen molar-refractivity contribution in [2.45, 2.75) is 46.2 Å². The summed E-state index contributed by atoms with van der Waals surface area (Å²) < 4.78 is 5.78. The van der Waals surface area contributed by atoms with Gasteiger partial charge in [0.05, 0.1) is 19.3 Å². The Morgan fingerprint density at radius 1 is 1.37 bits per heavy atom. The van der Waals surface area contributed by atoms with Crippen molar-refractivity contribution in [1.29, 1.82) is 0 Å². The van der Waals surface area contributed by atoms with E-state index in [1.807, 2.05) is 6.92 Å². The lowest BCUT2D eigenvalue weighted by Gasteiger charge is -2.44. The molecule has 1 N–H and O–H groups in total. The van der Waals surface area contributed by atoms with Gasteiger partial charge in [0.1, 0.15) is 6.34 Å². The van der Waals surface area contributed by atoms with Crippen LogP contribution in [0.4, 0.5) is 0 Å². The number of hydrogen-bond acceptors (Lipinski definition) is 4. The number of rotatable bonds is 4. The van der Waals surface area contributed by atoms with Gasteiger partial charge in [0.15, 0.2) is 0 Å². The molecule has 27 heavy (non-hydrogen) atoms. The Morgan fingerprint density at radius 2 is 2.04 bits per heavy atom. The lowest BCUT2D eigenvalue weighted by atomic mass is 9.94. The first kappa shape index (κ1) is 22.7. The number of hydrogen-bond donors (Lipinski definition) is 1. The van der Waals surface area contributed by atoms with Crippen molar-refractivity contribution in [3.63, 3.8) is 0 Å². The van der Waals surface area contributed by atoms with Crippen LogP contribution in [-0.4, -0.2) is 53.8 Å². The maximum Gasteiger partial charge on any atom is 0.290 e. The molecule has 0 amide bonds. The van der Waals surface area contributed by atoms with Gasteiger partial charge in [0, 0.05) is 24.0 Å². The van der Waals surface area contributed by atoms with Gasteiger partial charge in [-0.05, 0) is 51.8 Å². The molecule has 0 radical (unpaired) electrons. The summed E-state index contributed by atoms with van der Waals surface area (Å²) in [5, 5.41) is 6.89. The summed E-state index contributed by atoms with van der Waals surface area (Å²) in [6, 6.07) is 6.92. The van der Waals surface area contributed by atoms with Crippen molar-refractivity contribution in [2.75, 3.05) is 19.8 Å². The highest BCUT2D eigenvalue weighted by atomic mass is 16.5. The Hall–Kier alpha value is -2.31. The molecule has 0 aromatic heterocycles. The van der Waals surface area contributed by atoms with Crippen LogP contribution in [0.5, 0.6) is 0 Å². The zero-order chi connectivity index (χ0) is 20.4. The van der Waals surface area contributed by atoms with E-state index in [0.29, 0.717) is 0 Å². The Bertz CT molecular complexity index is 690. The smallest absolute Gasteiger partial charge is 0.290 e. The molecule has 0 unspecified atom stereocenters. The summed E-state index contributed by atoms with van der Waals surface area (Å²) in [5.41, 5.74) is 4.70. The third-order valence-corrected chi connectivity index (χ3v) is 4.32. The molecule has 1 fully saturated rings. The van der Waals surface area contributed by atoms with Crippen molar-refractivity contribution in [3.8, 4) is 0 Å². The Balaban J connectivity index is 0.00000114. The summed E-state index contributed by atoms with van der Waals surface area (Å²) in [5.74, 6) is 0. The SMILES string of the molecule is C=CN=CN=C(C)c1cc(C)cc([C@@H]2COCCN2C(C)(C)C)c1.O=CO. The van der Waals surface area contributed by atoms with Crippen LogP contribution in [-0.2, 0) is 9.53 Å².